The van der Waals surface area contributed by atoms with Gasteiger partial charge < -0.3 is 5.32 Å². The number of nitrogens with one attached hydrogen (secondary N) is 1. The fraction of sp³-hybridized carbons (Fsp3) is 0.500. The van der Waals surface area contributed by atoms with Crippen molar-refractivity contribution in [2.75, 3.05) is 5.32 Å². The highest BCUT2D eigenvalue weighted by molar-refractivity contribution is 5.38. The molecule has 0 amide bonds. The smallest absolute Gasteiger partial charge is 0.0728 e. The van der Waals surface area contributed by atoms with Gasteiger partial charge in [-0.1, -0.05) is 6.08 Å². The molecule has 1 N–H and O–H groups in total. The standard InChI is InChI=1S/C10H17N3/c1-4-5-6-9(2)12-10-7-11-13(3)8-10/h4,7-9,12H,1,5-6H2,2-3H3/t9-/m1/s1. The molecule has 1 atom stereocenters. The average Bonchev–Trinajstić information content (AvgIpc) is 2.48. The Kier molecular flexibility index (Phi) is 3.55. The molecule has 0 aliphatic carbocycles. The zero-order valence-corrected chi connectivity index (χ0v) is 8.33. The molecule has 3 nitrogen and oxygen atoms in total. The van der Waals surface area contributed by atoms with Crippen molar-refractivity contribution in [2.24, 2.45) is 7.05 Å². The molecule has 0 aliphatic heterocycles. The molecule has 1 aromatic heterocycles. The Morgan fingerprint density at radius 1 is 1.77 bits per heavy atom. The Bertz CT molecular complexity index is 265. The van der Waals surface area contributed by atoms with Crippen LogP contribution in [0.3, 0.4) is 0 Å². The lowest BCUT2D eigenvalue weighted by molar-refractivity contribution is 0.718. The molecule has 0 aromatic carbocycles. The van der Waals surface area contributed by atoms with E-state index in [2.05, 4.69) is 23.9 Å². The summed E-state index contributed by atoms with van der Waals surface area (Å²) in [7, 11) is 1.92. The number of aryl methyl sites for hydroxylation is 1. The summed E-state index contributed by atoms with van der Waals surface area (Å²) in [6.07, 6.45) is 7.92. The SMILES string of the molecule is C=CCC[C@@H](C)Nc1cnn(C)c1. The van der Waals surface area contributed by atoms with Crippen molar-refractivity contribution in [3.63, 3.8) is 0 Å². The van der Waals surface area contributed by atoms with Gasteiger partial charge in [-0.05, 0) is 19.8 Å². The average molecular weight is 179 g/mol. The highest BCUT2D eigenvalue weighted by atomic mass is 15.3. The van der Waals surface area contributed by atoms with Crippen molar-refractivity contribution in [3.05, 3.63) is 25.0 Å². The molecule has 1 heterocycles. The van der Waals surface area contributed by atoms with Gasteiger partial charge in [0.2, 0.25) is 0 Å². The quantitative estimate of drug-likeness (QED) is 0.702. The van der Waals surface area contributed by atoms with E-state index in [1.54, 1.807) is 4.68 Å². The largest absolute Gasteiger partial charge is 0.380 e. The fourth-order valence-electron chi connectivity index (χ4n) is 1.22. The van der Waals surface area contributed by atoms with E-state index in [0.29, 0.717) is 6.04 Å². The van der Waals surface area contributed by atoms with Crippen LogP contribution in [0.15, 0.2) is 25.0 Å². The van der Waals surface area contributed by atoms with Crippen molar-refractivity contribution in [1.29, 1.82) is 0 Å². The van der Waals surface area contributed by atoms with Gasteiger partial charge in [0.25, 0.3) is 0 Å². The molecule has 0 saturated carbocycles. The van der Waals surface area contributed by atoms with E-state index in [9.17, 15) is 0 Å². The van der Waals surface area contributed by atoms with E-state index in [-0.39, 0.29) is 0 Å². The van der Waals surface area contributed by atoms with Crippen LogP contribution < -0.4 is 5.32 Å². The summed E-state index contributed by atoms with van der Waals surface area (Å²) in [4.78, 5) is 0. The highest BCUT2D eigenvalue weighted by Gasteiger charge is 2.01. The van der Waals surface area contributed by atoms with Crippen LogP contribution in [0.25, 0.3) is 0 Å². The van der Waals surface area contributed by atoms with Crippen LogP contribution in [0.2, 0.25) is 0 Å². The number of hydrogen-bond donors (Lipinski definition) is 1. The zero-order valence-electron chi connectivity index (χ0n) is 8.33. The normalized spacial score (nSPS) is 12.5. The van der Waals surface area contributed by atoms with Crippen LogP contribution in [-0.4, -0.2) is 15.8 Å². The van der Waals surface area contributed by atoms with Crippen molar-refractivity contribution < 1.29 is 0 Å². The molecule has 0 radical (unpaired) electrons. The first-order chi connectivity index (χ1) is 6.22. The molecular weight excluding hydrogens is 162 g/mol. The Morgan fingerprint density at radius 3 is 3.08 bits per heavy atom. The Labute approximate surface area is 79.5 Å². The molecule has 0 saturated heterocycles. The molecule has 1 rings (SSSR count). The van der Waals surface area contributed by atoms with Crippen molar-refractivity contribution in [3.8, 4) is 0 Å². The zero-order chi connectivity index (χ0) is 9.68. The van der Waals surface area contributed by atoms with Crippen molar-refractivity contribution >= 4 is 5.69 Å². The number of allylic oxidation sites excluding steroid dienone is 1. The summed E-state index contributed by atoms with van der Waals surface area (Å²) >= 11 is 0. The van der Waals surface area contributed by atoms with Crippen LogP contribution in [0.1, 0.15) is 19.8 Å². The van der Waals surface area contributed by atoms with E-state index >= 15 is 0 Å². The second-order valence-electron chi connectivity index (χ2n) is 3.31. The summed E-state index contributed by atoms with van der Waals surface area (Å²) in [6, 6.07) is 0.474. The summed E-state index contributed by atoms with van der Waals surface area (Å²) in [5.41, 5.74) is 1.08. The lowest BCUT2D eigenvalue weighted by atomic mass is 10.2. The van der Waals surface area contributed by atoms with Gasteiger partial charge in [0.1, 0.15) is 0 Å². The summed E-state index contributed by atoms with van der Waals surface area (Å²) in [5, 5.41) is 7.45. The lowest BCUT2D eigenvalue weighted by Gasteiger charge is -2.11. The van der Waals surface area contributed by atoms with Gasteiger partial charge in [-0.25, -0.2) is 0 Å². The third-order valence-corrected chi connectivity index (χ3v) is 1.92. The van der Waals surface area contributed by atoms with Crippen molar-refractivity contribution in [2.45, 2.75) is 25.8 Å². The molecule has 0 bridgehead atoms. The summed E-state index contributed by atoms with van der Waals surface area (Å²) in [5.74, 6) is 0. The summed E-state index contributed by atoms with van der Waals surface area (Å²) < 4.78 is 1.79. The highest BCUT2D eigenvalue weighted by Crippen LogP contribution is 2.08. The third-order valence-electron chi connectivity index (χ3n) is 1.92. The molecule has 13 heavy (non-hydrogen) atoms. The molecule has 0 spiro atoms. The topological polar surface area (TPSA) is 29.9 Å². The number of hydrogen-bond acceptors (Lipinski definition) is 2. The fourth-order valence-corrected chi connectivity index (χ4v) is 1.22. The van der Waals surface area contributed by atoms with Gasteiger partial charge in [0, 0.05) is 19.3 Å². The predicted molar refractivity (Wildman–Crippen MR) is 55.7 cm³/mol. The van der Waals surface area contributed by atoms with Gasteiger partial charge in [0.15, 0.2) is 0 Å². The first kappa shape index (κ1) is 9.84. The van der Waals surface area contributed by atoms with Gasteiger partial charge >= 0.3 is 0 Å². The van der Waals surface area contributed by atoms with Crippen LogP contribution >= 0.6 is 0 Å². The van der Waals surface area contributed by atoms with Crippen LogP contribution in [0.4, 0.5) is 5.69 Å². The van der Waals surface area contributed by atoms with E-state index in [1.165, 1.54) is 0 Å². The third kappa shape index (κ3) is 3.32. The number of rotatable bonds is 5. The number of nitrogens with zero attached hydrogens (tertiary/aromatic N) is 2. The number of anilines is 1. The van der Waals surface area contributed by atoms with E-state index in [1.807, 2.05) is 25.5 Å². The molecule has 1 aromatic rings. The van der Waals surface area contributed by atoms with Gasteiger partial charge in [-0.15, -0.1) is 6.58 Å². The minimum Gasteiger partial charge on any atom is -0.380 e. The second-order valence-corrected chi connectivity index (χ2v) is 3.31. The van der Waals surface area contributed by atoms with E-state index in [4.69, 9.17) is 0 Å². The molecule has 0 fully saturated rings. The first-order valence-electron chi connectivity index (χ1n) is 4.58. The molecule has 72 valence electrons. The molecule has 0 aliphatic rings. The molecule has 3 heteroatoms. The van der Waals surface area contributed by atoms with Gasteiger partial charge in [-0.3, -0.25) is 4.68 Å². The predicted octanol–water partition coefficient (Wildman–Crippen LogP) is 2.19. The van der Waals surface area contributed by atoms with Crippen molar-refractivity contribution in [1.82, 2.24) is 9.78 Å². The molecular formula is C10H17N3. The van der Waals surface area contributed by atoms with Gasteiger partial charge in [-0.2, -0.15) is 5.10 Å². The monoisotopic (exact) mass is 179 g/mol. The first-order valence-corrected chi connectivity index (χ1v) is 4.58. The maximum Gasteiger partial charge on any atom is 0.0728 e. The summed E-state index contributed by atoms with van der Waals surface area (Å²) in [6.45, 7) is 5.86. The van der Waals surface area contributed by atoms with Gasteiger partial charge in [0.05, 0.1) is 11.9 Å². The maximum atomic E-state index is 4.08. The van der Waals surface area contributed by atoms with E-state index in [0.717, 1.165) is 18.5 Å². The van der Waals surface area contributed by atoms with E-state index < -0.39 is 0 Å². The minimum absolute atomic E-state index is 0.474. The van der Waals surface area contributed by atoms with Crippen LogP contribution in [-0.2, 0) is 7.05 Å². The van der Waals surface area contributed by atoms with Crippen LogP contribution in [0, 0.1) is 0 Å². The minimum atomic E-state index is 0.474. The van der Waals surface area contributed by atoms with Crippen LogP contribution in [0.5, 0.6) is 0 Å². The Hall–Kier alpha value is -1.25. The lowest BCUT2D eigenvalue weighted by Crippen LogP contribution is -2.13. The Balaban J connectivity index is 2.35. The second kappa shape index (κ2) is 4.70. The maximum absolute atomic E-state index is 4.08. The Morgan fingerprint density at radius 2 is 2.54 bits per heavy atom. The molecule has 0 unspecified atom stereocenters. The number of aromatic nitrogens is 2.